The summed E-state index contributed by atoms with van der Waals surface area (Å²) in [5.74, 6) is -0.0559. The van der Waals surface area contributed by atoms with Crippen LogP contribution in [0.3, 0.4) is 0 Å². The molecule has 132 valence electrons. The highest BCUT2D eigenvalue weighted by Gasteiger charge is 2.31. The molecule has 0 radical (unpaired) electrons. The predicted octanol–water partition coefficient (Wildman–Crippen LogP) is 2.70. The molecule has 1 fully saturated rings. The van der Waals surface area contributed by atoms with Crippen LogP contribution in [0.2, 0.25) is 0 Å². The van der Waals surface area contributed by atoms with Gasteiger partial charge >= 0.3 is 0 Å². The van der Waals surface area contributed by atoms with Gasteiger partial charge in [0.25, 0.3) is 0 Å². The number of anilines is 1. The van der Waals surface area contributed by atoms with Crippen molar-refractivity contribution < 1.29 is 9.59 Å². The van der Waals surface area contributed by atoms with Crippen molar-refractivity contribution in [3.05, 3.63) is 29.8 Å². The van der Waals surface area contributed by atoms with E-state index in [1.807, 2.05) is 56.9 Å². The van der Waals surface area contributed by atoms with Crippen LogP contribution in [0.4, 0.5) is 5.69 Å². The van der Waals surface area contributed by atoms with E-state index in [1.165, 1.54) is 0 Å². The highest BCUT2D eigenvalue weighted by atomic mass is 16.2. The molecule has 2 rings (SSSR count). The van der Waals surface area contributed by atoms with Gasteiger partial charge in [0.2, 0.25) is 11.8 Å². The highest BCUT2D eigenvalue weighted by molar-refractivity contribution is 5.93. The lowest BCUT2D eigenvalue weighted by Crippen LogP contribution is -2.55. The van der Waals surface area contributed by atoms with Crippen molar-refractivity contribution >= 4 is 17.5 Å². The Bertz CT molecular complexity index is 575. The van der Waals surface area contributed by atoms with Crippen LogP contribution in [0.15, 0.2) is 24.3 Å². The van der Waals surface area contributed by atoms with E-state index in [4.69, 9.17) is 0 Å². The van der Waals surface area contributed by atoms with E-state index in [1.54, 1.807) is 0 Å². The fourth-order valence-electron chi connectivity index (χ4n) is 2.95. The van der Waals surface area contributed by atoms with E-state index in [2.05, 4.69) is 10.6 Å². The lowest BCUT2D eigenvalue weighted by Gasteiger charge is -2.35. The van der Waals surface area contributed by atoms with Crippen LogP contribution in [-0.2, 0) is 9.59 Å². The Morgan fingerprint density at radius 1 is 1.17 bits per heavy atom. The summed E-state index contributed by atoms with van der Waals surface area (Å²) in [6.07, 6.45) is 2.86. The molecule has 0 bridgehead atoms. The Morgan fingerprint density at radius 2 is 1.83 bits per heavy atom. The van der Waals surface area contributed by atoms with Crippen LogP contribution >= 0.6 is 0 Å². The standard InChI is InChI=1S/C19H29N3O2/c1-14-8-10-15(11-9-14)20-17(23)13-22-12-6-5-7-16(22)18(24)21-19(2,3)4/h8-11,16H,5-7,12-13H2,1-4H3,(H,20,23)(H,21,24). The third kappa shape index (κ3) is 5.64. The molecule has 1 unspecified atom stereocenters. The second-order valence-electron chi connectivity index (χ2n) is 7.64. The van der Waals surface area contributed by atoms with Crippen LogP contribution in [-0.4, -0.2) is 41.4 Å². The molecule has 0 saturated carbocycles. The Hall–Kier alpha value is -1.88. The number of nitrogens with one attached hydrogen (secondary N) is 2. The highest BCUT2D eigenvalue weighted by Crippen LogP contribution is 2.18. The minimum Gasteiger partial charge on any atom is -0.350 e. The summed E-state index contributed by atoms with van der Waals surface area (Å²) >= 11 is 0. The molecule has 0 aliphatic carbocycles. The summed E-state index contributed by atoms with van der Waals surface area (Å²) < 4.78 is 0. The van der Waals surface area contributed by atoms with E-state index in [0.29, 0.717) is 0 Å². The molecular formula is C19H29N3O2. The Morgan fingerprint density at radius 3 is 2.46 bits per heavy atom. The van der Waals surface area contributed by atoms with Gasteiger partial charge in [-0.3, -0.25) is 14.5 Å². The van der Waals surface area contributed by atoms with Crippen LogP contribution in [0, 0.1) is 6.92 Å². The van der Waals surface area contributed by atoms with E-state index in [9.17, 15) is 9.59 Å². The second kappa shape index (κ2) is 7.79. The van der Waals surface area contributed by atoms with Crippen molar-refractivity contribution in [2.24, 2.45) is 0 Å². The number of benzene rings is 1. The number of carbonyl (C=O) groups excluding carboxylic acids is 2. The molecule has 5 heteroatoms. The number of piperidine rings is 1. The van der Waals surface area contributed by atoms with Crippen LogP contribution in [0.1, 0.15) is 45.6 Å². The summed E-state index contributed by atoms with van der Waals surface area (Å²) in [5, 5.41) is 5.95. The molecule has 2 N–H and O–H groups in total. The van der Waals surface area contributed by atoms with Gasteiger partial charge in [0.15, 0.2) is 0 Å². The average Bonchev–Trinajstić information content (AvgIpc) is 2.48. The van der Waals surface area contributed by atoms with E-state index < -0.39 is 0 Å². The molecule has 24 heavy (non-hydrogen) atoms. The van der Waals surface area contributed by atoms with Crippen LogP contribution in [0.5, 0.6) is 0 Å². The van der Waals surface area contributed by atoms with E-state index in [0.717, 1.165) is 37.1 Å². The third-order valence-corrected chi connectivity index (χ3v) is 4.10. The maximum atomic E-state index is 12.5. The SMILES string of the molecule is Cc1ccc(NC(=O)CN2CCCCC2C(=O)NC(C)(C)C)cc1. The smallest absolute Gasteiger partial charge is 0.238 e. The van der Waals surface area contributed by atoms with Gasteiger partial charge < -0.3 is 10.6 Å². The number of amides is 2. The lowest BCUT2D eigenvalue weighted by molar-refractivity contribution is -0.130. The van der Waals surface area contributed by atoms with Gasteiger partial charge in [-0.05, 0) is 59.2 Å². The normalized spacial score (nSPS) is 18.9. The van der Waals surface area contributed by atoms with Crippen molar-refractivity contribution in [3.63, 3.8) is 0 Å². The fourth-order valence-corrected chi connectivity index (χ4v) is 2.95. The topological polar surface area (TPSA) is 61.4 Å². The van der Waals surface area contributed by atoms with Crippen molar-refractivity contribution in [1.29, 1.82) is 0 Å². The molecule has 1 aliphatic rings. The average molecular weight is 331 g/mol. The van der Waals surface area contributed by atoms with Crippen LogP contribution in [0.25, 0.3) is 0 Å². The number of nitrogens with zero attached hydrogens (tertiary/aromatic N) is 1. The molecule has 1 saturated heterocycles. The van der Waals surface area contributed by atoms with Crippen molar-refractivity contribution in [2.45, 2.75) is 58.5 Å². The third-order valence-electron chi connectivity index (χ3n) is 4.10. The second-order valence-corrected chi connectivity index (χ2v) is 7.64. The molecular weight excluding hydrogens is 302 g/mol. The fraction of sp³-hybridized carbons (Fsp3) is 0.579. The Kier molecular flexibility index (Phi) is 5.99. The molecule has 2 amide bonds. The van der Waals surface area contributed by atoms with Gasteiger partial charge in [-0.25, -0.2) is 0 Å². The van der Waals surface area contributed by atoms with Crippen molar-refractivity contribution in [1.82, 2.24) is 10.2 Å². The van der Waals surface area contributed by atoms with Crippen molar-refractivity contribution in [3.8, 4) is 0 Å². The minimum atomic E-state index is -0.260. The molecule has 1 heterocycles. The monoisotopic (exact) mass is 331 g/mol. The summed E-state index contributed by atoms with van der Waals surface area (Å²) in [4.78, 5) is 26.8. The number of hydrogen-bond donors (Lipinski definition) is 2. The first kappa shape index (κ1) is 18.5. The minimum absolute atomic E-state index is 0.0188. The quantitative estimate of drug-likeness (QED) is 0.892. The Balaban J connectivity index is 1.96. The summed E-state index contributed by atoms with van der Waals surface area (Å²) in [6, 6.07) is 7.51. The first-order chi connectivity index (χ1) is 11.2. The number of carbonyl (C=O) groups is 2. The van der Waals surface area contributed by atoms with E-state index in [-0.39, 0.29) is 29.9 Å². The zero-order valence-electron chi connectivity index (χ0n) is 15.2. The summed E-state index contributed by atoms with van der Waals surface area (Å²) in [6.45, 7) is 8.96. The molecule has 0 aromatic heterocycles. The molecule has 1 aromatic rings. The van der Waals surface area contributed by atoms with Gasteiger partial charge in [-0.2, -0.15) is 0 Å². The molecule has 1 atom stereocenters. The Labute approximate surface area is 144 Å². The first-order valence-electron chi connectivity index (χ1n) is 8.67. The predicted molar refractivity (Wildman–Crippen MR) is 96.9 cm³/mol. The molecule has 1 aromatic carbocycles. The largest absolute Gasteiger partial charge is 0.350 e. The van der Waals surface area contributed by atoms with Crippen LogP contribution < -0.4 is 10.6 Å². The van der Waals surface area contributed by atoms with Crippen molar-refractivity contribution in [2.75, 3.05) is 18.4 Å². The zero-order chi connectivity index (χ0) is 17.7. The summed E-state index contributed by atoms with van der Waals surface area (Å²) in [7, 11) is 0. The van der Waals surface area contributed by atoms with Gasteiger partial charge in [0, 0.05) is 11.2 Å². The first-order valence-corrected chi connectivity index (χ1v) is 8.67. The van der Waals surface area contributed by atoms with Gasteiger partial charge in [0.1, 0.15) is 0 Å². The zero-order valence-corrected chi connectivity index (χ0v) is 15.2. The summed E-state index contributed by atoms with van der Waals surface area (Å²) in [5.41, 5.74) is 1.69. The van der Waals surface area contributed by atoms with Gasteiger partial charge in [-0.15, -0.1) is 0 Å². The number of hydrogen-bond acceptors (Lipinski definition) is 3. The lowest BCUT2D eigenvalue weighted by atomic mass is 9.99. The number of aryl methyl sites for hydroxylation is 1. The number of likely N-dealkylation sites (tertiary alicyclic amines) is 1. The molecule has 0 spiro atoms. The van der Waals surface area contributed by atoms with Gasteiger partial charge in [0.05, 0.1) is 12.6 Å². The van der Waals surface area contributed by atoms with E-state index >= 15 is 0 Å². The molecule has 1 aliphatic heterocycles. The number of rotatable bonds is 4. The maximum absolute atomic E-state index is 12.5. The van der Waals surface area contributed by atoms with Gasteiger partial charge in [-0.1, -0.05) is 24.1 Å². The maximum Gasteiger partial charge on any atom is 0.238 e. The molecule has 5 nitrogen and oxygen atoms in total.